The van der Waals surface area contributed by atoms with Gasteiger partial charge in [0, 0.05) is 45.1 Å². The molecule has 3 aliphatic rings. The monoisotopic (exact) mass is 614 g/mol. The van der Waals surface area contributed by atoms with Crippen LogP contribution in [0.15, 0.2) is 145 Å². The fourth-order valence-corrected chi connectivity index (χ4v) is 7.96. The Bertz CT molecular complexity index is 2430. The van der Waals surface area contributed by atoms with Gasteiger partial charge in [0.25, 0.3) is 0 Å². The van der Waals surface area contributed by atoms with Crippen molar-refractivity contribution in [2.45, 2.75) is 24.8 Å². The third-order valence-electron chi connectivity index (χ3n) is 10.1. The van der Waals surface area contributed by atoms with Crippen molar-refractivity contribution in [2.75, 3.05) is 4.90 Å². The first kappa shape index (κ1) is 27.9. The molecule has 0 radical (unpaired) electrons. The Balaban J connectivity index is 1.25. The van der Waals surface area contributed by atoms with E-state index in [1.807, 2.05) is 18.2 Å². The van der Waals surface area contributed by atoms with E-state index in [4.69, 9.17) is 0 Å². The Hall–Kier alpha value is -6.36. The van der Waals surface area contributed by atoms with Crippen molar-refractivity contribution < 1.29 is 0 Å². The number of nitrogens with zero attached hydrogens (tertiary/aromatic N) is 4. The molecule has 2 atom stereocenters. The smallest absolute Gasteiger partial charge is 0.0991 e. The van der Waals surface area contributed by atoms with Gasteiger partial charge >= 0.3 is 0 Å². The summed E-state index contributed by atoms with van der Waals surface area (Å²) in [6, 6.07) is 45.4. The summed E-state index contributed by atoms with van der Waals surface area (Å²) in [5.74, 6) is 0.0818. The fraction of sp³-hybridized carbons (Fsp3) is 0.0909. The second-order valence-electron chi connectivity index (χ2n) is 12.6. The van der Waals surface area contributed by atoms with Gasteiger partial charge < -0.3 is 9.47 Å². The highest BCUT2D eigenvalue weighted by Gasteiger charge is 2.40. The maximum atomic E-state index is 9.78. The maximum absolute atomic E-state index is 9.78. The zero-order valence-corrected chi connectivity index (χ0v) is 26.2. The van der Waals surface area contributed by atoms with Gasteiger partial charge in [-0.25, -0.2) is 0 Å². The van der Waals surface area contributed by atoms with Gasteiger partial charge in [-0.3, -0.25) is 0 Å². The van der Waals surface area contributed by atoms with Gasteiger partial charge in [0.05, 0.1) is 34.9 Å². The average Bonchev–Trinajstić information content (AvgIpc) is 3.67. The number of benzene rings is 5. The van der Waals surface area contributed by atoms with Crippen molar-refractivity contribution in [3.05, 3.63) is 168 Å². The minimum absolute atomic E-state index is 0.0818. The number of fused-ring (bicyclic) bond motifs is 6. The molecule has 0 saturated carbocycles. The van der Waals surface area contributed by atoms with E-state index in [1.165, 1.54) is 44.6 Å². The van der Waals surface area contributed by atoms with Gasteiger partial charge in [-0.15, -0.1) is 0 Å². The van der Waals surface area contributed by atoms with E-state index >= 15 is 0 Å². The topological polar surface area (TPSA) is 55.8 Å². The second-order valence-corrected chi connectivity index (χ2v) is 12.6. The first-order chi connectivity index (χ1) is 23.7. The molecule has 0 N–H and O–H groups in total. The zero-order chi connectivity index (χ0) is 32.2. The molecule has 226 valence electrons. The Morgan fingerprint density at radius 1 is 0.688 bits per heavy atom. The molecule has 0 spiro atoms. The van der Waals surface area contributed by atoms with Crippen LogP contribution < -0.4 is 4.90 Å². The lowest BCUT2D eigenvalue weighted by Crippen LogP contribution is -2.29. The molecule has 6 aromatic rings. The van der Waals surface area contributed by atoms with Crippen molar-refractivity contribution in [1.82, 2.24) is 4.57 Å². The normalized spacial score (nSPS) is 17.3. The predicted molar refractivity (Wildman–Crippen MR) is 194 cm³/mol. The molecular weight excluding hydrogens is 585 g/mol. The third kappa shape index (κ3) is 4.28. The van der Waals surface area contributed by atoms with Crippen LogP contribution in [-0.2, 0) is 6.42 Å². The van der Waals surface area contributed by atoms with Gasteiger partial charge in [0.2, 0.25) is 0 Å². The molecular formula is C44H30N4. The molecule has 2 aliphatic carbocycles. The summed E-state index contributed by atoms with van der Waals surface area (Å²) < 4.78 is 2.38. The second kappa shape index (κ2) is 11.2. The number of allylic oxidation sites excluding steroid dienone is 3. The van der Waals surface area contributed by atoms with Crippen molar-refractivity contribution in [3.8, 4) is 40.1 Å². The standard InChI is InChI=1S/C44H30N4/c45-27-29-17-21-33(22-18-29)47-41-16-7-6-13-36(41)37-23-20-31(26-43(37)47)34-11-4-5-12-35(34)38-14-8-15-39-40-25-30(28-46)19-24-42(40)48(44(38)39)32-9-2-1-3-10-32/h1-6,8-15,17-26,40,42H,7,16H2. The fourth-order valence-electron chi connectivity index (χ4n) is 7.96. The highest BCUT2D eigenvalue weighted by atomic mass is 15.2. The molecule has 0 fully saturated rings. The third-order valence-corrected chi connectivity index (χ3v) is 10.1. The lowest BCUT2D eigenvalue weighted by atomic mass is 9.87. The number of para-hydroxylation sites is 2. The van der Waals surface area contributed by atoms with E-state index in [0.717, 1.165) is 35.3 Å². The molecule has 9 rings (SSSR count). The summed E-state index contributed by atoms with van der Waals surface area (Å²) in [5, 5.41) is 20.5. The van der Waals surface area contributed by atoms with Crippen molar-refractivity contribution >= 4 is 28.4 Å². The summed E-state index contributed by atoms with van der Waals surface area (Å²) in [6.45, 7) is 0. The van der Waals surface area contributed by atoms with Crippen LogP contribution in [0, 0.1) is 22.7 Å². The first-order valence-corrected chi connectivity index (χ1v) is 16.4. The largest absolute Gasteiger partial charge is 0.333 e. The zero-order valence-electron chi connectivity index (χ0n) is 26.2. The lowest BCUT2D eigenvalue weighted by Gasteiger charge is -2.30. The van der Waals surface area contributed by atoms with Crippen LogP contribution in [0.25, 0.3) is 44.9 Å². The molecule has 1 aliphatic heterocycles. The molecule has 4 heteroatoms. The van der Waals surface area contributed by atoms with E-state index in [0.29, 0.717) is 11.1 Å². The van der Waals surface area contributed by atoms with Crippen LogP contribution in [0.2, 0.25) is 0 Å². The van der Waals surface area contributed by atoms with Crippen molar-refractivity contribution in [2.24, 2.45) is 0 Å². The SMILES string of the molecule is N#CC1=CC2c3cccc(-c4ccccc4-c4ccc5c6c(n(-c7ccc(C#N)cc7)c5c4)CCC=C6)c3N(c3ccccc3)C2C=C1. The first-order valence-electron chi connectivity index (χ1n) is 16.4. The molecule has 2 heterocycles. The number of hydrogen-bond acceptors (Lipinski definition) is 3. The maximum Gasteiger partial charge on any atom is 0.0991 e. The van der Waals surface area contributed by atoms with Crippen molar-refractivity contribution in [3.63, 3.8) is 0 Å². The van der Waals surface area contributed by atoms with Gasteiger partial charge in [0.1, 0.15) is 0 Å². The predicted octanol–water partition coefficient (Wildman–Crippen LogP) is 10.4. The Labute approximate surface area is 280 Å². The van der Waals surface area contributed by atoms with E-state index < -0.39 is 0 Å². The van der Waals surface area contributed by atoms with Crippen LogP contribution in [0.5, 0.6) is 0 Å². The molecule has 0 saturated heterocycles. The van der Waals surface area contributed by atoms with Crippen LogP contribution in [0.3, 0.4) is 0 Å². The van der Waals surface area contributed by atoms with Crippen LogP contribution in [0.4, 0.5) is 11.4 Å². The number of nitriles is 2. The lowest BCUT2D eigenvalue weighted by molar-refractivity contribution is 0.741. The summed E-state index contributed by atoms with van der Waals surface area (Å²) in [6.07, 6.45) is 12.8. The highest BCUT2D eigenvalue weighted by Crippen LogP contribution is 2.53. The molecule has 0 bridgehead atoms. The number of rotatable bonds is 4. The van der Waals surface area contributed by atoms with E-state index in [-0.39, 0.29) is 12.0 Å². The van der Waals surface area contributed by atoms with Gasteiger partial charge in [0.15, 0.2) is 0 Å². The highest BCUT2D eigenvalue weighted by molar-refractivity contribution is 5.99. The molecule has 2 unspecified atom stereocenters. The minimum atomic E-state index is 0.0818. The van der Waals surface area contributed by atoms with Crippen LogP contribution >= 0.6 is 0 Å². The Morgan fingerprint density at radius 2 is 1.48 bits per heavy atom. The minimum Gasteiger partial charge on any atom is -0.333 e. The molecule has 0 amide bonds. The Morgan fingerprint density at radius 3 is 2.29 bits per heavy atom. The van der Waals surface area contributed by atoms with Gasteiger partial charge in [-0.1, -0.05) is 97.1 Å². The summed E-state index contributed by atoms with van der Waals surface area (Å²) in [4.78, 5) is 2.45. The van der Waals surface area contributed by atoms with E-state index in [1.54, 1.807) is 0 Å². The summed E-state index contributed by atoms with van der Waals surface area (Å²) in [5.41, 5.74) is 14.4. The van der Waals surface area contributed by atoms with Crippen LogP contribution in [-0.4, -0.2) is 10.6 Å². The van der Waals surface area contributed by atoms with Crippen molar-refractivity contribution in [1.29, 1.82) is 10.5 Å². The average molecular weight is 615 g/mol. The summed E-state index contributed by atoms with van der Waals surface area (Å²) >= 11 is 0. The molecule has 4 nitrogen and oxygen atoms in total. The quantitative estimate of drug-likeness (QED) is 0.199. The van der Waals surface area contributed by atoms with Crippen LogP contribution in [0.1, 0.15) is 34.7 Å². The number of aromatic nitrogens is 1. The molecule has 48 heavy (non-hydrogen) atoms. The van der Waals surface area contributed by atoms with E-state index in [9.17, 15) is 10.5 Å². The number of hydrogen-bond donors (Lipinski definition) is 0. The molecule has 1 aromatic heterocycles. The molecule has 5 aromatic carbocycles. The van der Waals surface area contributed by atoms with Gasteiger partial charge in [-0.05, 0) is 83.6 Å². The van der Waals surface area contributed by atoms with E-state index in [2.05, 4.69) is 149 Å². The Kier molecular flexibility index (Phi) is 6.49. The summed E-state index contributed by atoms with van der Waals surface area (Å²) in [7, 11) is 0. The van der Waals surface area contributed by atoms with Gasteiger partial charge in [-0.2, -0.15) is 10.5 Å². The number of anilines is 2.